The number of carbonyl (C=O) groups excluding carboxylic acids is 1. The van der Waals surface area contributed by atoms with E-state index in [1.165, 1.54) is 5.38 Å². The second kappa shape index (κ2) is 8.63. The molecule has 24 heavy (non-hydrogen) atoms. The average molecular weight is 349 g/mol. The summed E-state index contributed by atoms with van der Waals surface area (Å²) in [5.41, 5.74) is 0.614. The molecule has 0 bridgehead atoms. The Morgan fingerprint density at radius 2 is 2.08 bits per heavy atom. The van der Waals surface area contributed by atoms with Crippen molar-refractivity contribution < 1.29 is 24.3 Å². The number of hydrogen-bond acceptors (Lipinski definition) is 7. The lowest BCUT2D eigenvalue weighted by molar-refractivity contribution is -0.129. The topological polar surface area (TPSA) is 110 Å². The quantitative estimate of drug-likeness (QED) is 0.587. The molecule has 0 aliphatic rings. The number of benzene rings is 1. The van der Waals surface area contributed by atoms with Gasteiger partial charge in [-0.25, -0.2) is 14.6 Å². The summed E-state index contributed by atoms with van der Waals surface area (Å²) in [5.74, 6) is -1.27. The zero-order chi connectivity index (χ0) is 17.4. The molecule has 0 spiro atoms. The Balaban J connectivity index is 1.95. The molecule has 0 aliphatic carbocycles. The minimum atomic E-state index is -1.27. The van der Waals surface area contributed by atoms with Crippen molar-refractivity contribution in [3.63, 3.8) is 0 Å². The number of oxime groups is 1. The fourth-order valence-corrected chi connectivity index (χ4v) is 2.29. The number of carbonyl (C=O) groups is 2. The Morgan fingerprint density at radius 3 is 2.75 bits per heavy atom. The summed E-state index contributed by atoms with van der Waals surface area (Å²) in [7, 11) is 0. The monoisotopic (exact) mass is 349 g/mol. The lowest BCUT2D eigenvalue weighted by Gasteiger charge is -2.04. The van der Waals surface area contributed by atoms with Crippen molar-refractivity contribution in [3.8, 4) is 0 Å². The van der Waals surface area contributed by atoms with E-state index in [0.717, 1.165) is 16.9 Å². The molecule has 1 aromatic carbocycles. The van der Waals surface area contributed by atoms with Crippen molar-refractivity contribution in [2.24, 2.45) is 5.16 Å². The zero-order valence-corrected chi connectivity index (χ0v) is 13.6. The molecule has 126 valence electrons. The maximum absolute atomic E-state index is 11.7. The van der Waals surface area contributed by atoms with Crippen LogP contribution < -0.4 is 5.32 Å². The van der Waals surface area contributed by atoms with E-state index < -0.39 is 12.1 Å². The van der Waals surface area contributed by atoms with Gasteiger partial charge in [0.2, 0.25) is 5.71 Å². The molecular weight excluding hydrogens is 334 g/mol. The summed E-state index contributed by atoms with van der Waals surface area (Å²) in [4.78, 5) is 31.6. The lowest BCUT2D eigenvalue weighted by Crippen LogP contribution is -2.17. The van der Waals surface area contributed by atoms with Gasteiger partial charge in [-0.3, -0.25) is 5.32 Å². The molecule has 1 heterocycles. The van der Waals surface area contributed by atoms with E-state index >= 15 is 0 Å². The first-order valence-corrected chi connectivity index (χ1v) is 7.85. The van der Waals surface area contributed by atoms with Crippen LogP contribution in [0.25, 0.3) is 0 Å². The highest BCUT2D eigenvalue weighted by atomic mass is 32.1. The van der Waals surface area contributed by atoms with Crippen LogP contribution in [0.3, 0.4) is 0 Å². The van der Waals surface area contributed by atoms with Gasteiger partial charge in [-0.15, -0.1) is 11.3 Å². The Bertz CT molecular complexity index is 730. The largest absolute Gasteiger partial charge is 0.476 e. The zero-order valence-electron chi connectivity index (χ0n) is 12.8. The number of nitrogens with zero attached hydrogens (tertiary/aromatic N) is 2. The van der Waals surface area contributed by atoms with Crippen molar-refractivity contribution in [2.75, 3.05) is 11.9 Å². The normalized spacial score (nSPS) is 11.0. The number of aromatic nitrogens is 1. The van der Waals surface area contributed by atoms with Crippen molar-refractivity contribution in [2.45, 2.75) is 13.5 Å². The molecule has 0 aliphatic heterocycles. The Kier molecular flexibility index (Phi) is 6.26. The number of carboxylic acid groups (broad SMARTS) is 1. The molecule has 2 rings (SSSR count). The summed E-state index contributed by atoms with van der Waals surface area (Å²) >= 11 is 1.06. The summed E-state index contributed by atoms with van der Waals surface area (Å²) in [6.45, 7) is 2.04. The molecule has 1 aromatic heterocycles. The van der Waals surface area contributed by atoms with Gasteiger partial charge in [0.05, 0.1) is 0 Å². The van der Waals surface area contributed by atoms with Crippen LogP contribution in [0.1, 0.15) is 18.2 Å². The fourth-order valence-electron chi connectivity index (χ4n) is 1.61. The summed E-state index contributed by atoms with van der Waals surface area (Å²) in [5, 5.41) is 16.7. The van der Waals surface area contributed by atoms with Gasteiger partial charge in [0.25, 0.3) is 0 Å². The molecule has 9 heteroatoms. The van der Waals surface area contributed by atoms with Crippen molar-refractivity contribution in [1.29, 1.82) is 0 Å². The third-order valence-electron chi connectivity index (χ3n) is 2.66. The number of thiazole rings is 1. The van der Waals surface area contributed by atoms with E-state index in [2.05, 4.69) is 15.5 Å². The molecule has 0 unspecified atom stereocenters. The second-order valence-corrected chi connectivity index (χ2v) is 5.25. The van der Waals surface area contributed by atoms with Crippen LogP contribution >= 0.6 is 11.3 Å². The van der Waals surface area contributed by atoms with E-state index in [4.69, 9.17) is 14.7 Å². The molecular formula is C15H15N3O5S. The fraction of sp³-hybridized carbons (Fsp3) is 0.200. The summed E-state index contributed by atoms with van der Waals surface area (Å²) in [6.07, 6.45) is -0.682. The second-order valence-electron chi connectivity index (χ2n) is 4.39. The standard InChI is InChI=1S/C15H15N3O5S/c1-2-23-18-12(13(19)20)11-9-24-14(16-11)17-15(21)22-8-10-6-4-3-5-7-10/h3-7,9H,2,8H2,1H3,(H,19,20)(H,16,17,21)/b18-12+. The van der Waals surface area contributed by atoms with Gasteiger partial charge in [-0.05, 0) is 12.5 Å². The molecule has 0 atom stereocenters. The highest BCUT2D eigenvalue weighted by molar-refractivity contribution is 7.14. The first kappa shape index (κ1) is 17.4. The minimum absolute atomic E-state index is 0.0966. The van der Waals surface area contributed by atoms with Crippen molar-refractivity contribution >= 4 is 34.2 Å². The average Bonchev–Trinajstić information content (AvgIpc) is 3.02. The first-order valence-electron chi connectivity index (χ1n) is 6.97. The van der Waals surface area contributed by atoms with E-state index in [9.17, 15) is 9.59 Å². The van der Waals surface area contributed by atoms with Gasteiger partial charge in [-0.2, -0.15) is 0 Å². The maximum atomic E-state index is 11.7. The highest BCUT2D eigenvalue weighted by Crippen LogP contribution is 2.17. The van der Waals surface area contributed by atoms with Crippen LogP contribution in [-0.2, 0) is 21.0 Å². The van der Waals surface area contributed by atoms with E-state index in [1.807, 2.05) is 30.3 Å². The van der Waals surface area contributed by atoms with Gasteiger partial charge in [0.1, 0.15) is 18.9 Å². The molecule has 1 amide bonds. The number of carboxylic acids is 1. The van der Waals surface area contributed by atoms with E-state index in [0.29, 0.717) is 0 Å². The van der Waals surface area contributed by atoms with Crippen LogP contribution in [0.2, 0.25) is 0 Å². The summed E-state index contributed by atoms with van der Waals surface area (Å²) < 4.78 is 5.06. The Morgan fingerprint density at radius 1 is 1.33 bits per heavy atom. The molecule has 2 aromatic rings. The molecule has 0 saturated heterocycles. The number of ether oxygens (including phenoxy) is 1. The van der Waals surface area contributed by atoms with Crippen LogP contribution in [0.5, 0.6) is 0 Å². The van der Waals surface area contributed by atoms with Gasteiger partial charge in [0, 0.05) is 5.38 Å². The van der Waals surface area contributed by atoms with Crippen LogP contribution in [-0.4, -0.2) is 34.5 Å². The number of hydrogen-bond donors (Lipinski definition) is 2. The SMILES string of the molecule is CCO/N=C(/C(=O)O)c1csc(NC(=O)OCc2ccccc2)n1. The molecule has 0 radical (unpaired) electrons. The molecule has 0 saturated carbocycles. The van der Waals surface area contributed by atoms with Gasteiger partial charge in [0.15, 0.2) is 5.13 Å². The van der Waals surface area contributed by atoms with Gasteiger partial charge >= 0.3 is 12.1 Å². The van der Waals surface area contributed by atoms with Crippen LogP contribution in [0.4, 0.5) is 9.93 Å². The highest BCUT2D eigenvalue weighted by Gasteiger charge is 2.18. The van der Waals surface area contributed by atoms with E-state index in [1.54, 1.807) is 6.92 Å². The number of nitrogens with one attached hydrogen (secondary N) is 1. The number of rotatable bonds is 7. The summed E-state index contributed by atoms with van der Waals surface area (Å²) in [6, 6.07) is 9.21. The third kappa shape index (κ3) is 5.06. The molecule has 8 nitrogen and oxygen atoms in total. The Labute approximate surface area is 141 Å². The minimum Gasteiger partial charge on any atom is -0.476 e. The Hall–Kier alpha value is -2.94. The number of aliphatic carboxylic acids is 1. The molecule has 2 N–H and O–H groups in total. The van der Waals surface area contributed by atoms with E-state index in [-0.39, 0.29) is 29.8 Å². The van der Waals surface area contributed by atoms with Gasteiger partial charge < -0.3 is 14.7 Å². The molecule has 0 fully saturated rings. The van der Waals surface area contributed by atoms with Gasteiger partial charge in [-0.1, -0.05) is 35.5 Å². The maximum Gasteiger partial charge on any atom is 0.413 e. The van der Waals surface area contributed by atoms with Crippen molar-refractivity contribution in [3.05, 3.63) is 47.0 Å². The number of amides is 1. The lowest BCUT2D eigenvalue weighted by atomic mass is 10.2. The van der Waals surface area contributed by atoms with Crippen LogP contribution in [0.15, 0.2) is 40.9 Å². The predicted molar refractivity (Wildman–Crippen MR) is 88.2 cm³/mol. The smallest absolute Gasteiger partial charge is 0.413 e. The number of anilines is 1. The predicted octanol–water partition coefficient (Wildman–Crippen LogP) is 2.72. The first-order chi connectivity index (χ1) is 11.6. The van der Waals surface area contributed by atoms with Crippen molar-refractivity contribution in [1.82, 2.24) is 4.98 Å². The third-order valence-corrected chi connectivity index (χ3v) is 3.41. The van der Waals surface area contributed by atoms with Crippen LogP contribution in [0, 0.1) is 0 Å².